The molecule has 3 N–H and O–H groups in total. The first-order chi connectivity index (χ1) is 8.61. The summed E-state index contributed by atoms with van der Waals surface area (Å²) in [7, 11) is 0. The summed E-state index contributed by atoms with van der Waals surface area (Å²) in [5, 5.41) is 21.6. The molecule has 1 atom stereocenters. The lowest BCUT2D eigenvalue weighted by Crippen LogP contribution is -2.35. The molecule has 0 heterocycles. The third-order valence-electron chi connectivity index (χ3n) is 2.53. The summed E-state index contributed by atoms with van der Waals surface area (Å²) < 4.78 is 5.48. The molecule has 18 heavy (non-hydrogen) atoms. The van der Waals surface area contributed by atoms with E-state index in [-0.39, 0.29) is 13.2 Å². The highest BCUT2D eigenvalue weighted by molar-refractivity contribution is 5.27. The summed E-state index contributed by atoms with van der Waals surface area (Å²) >= 11 is 0. The Hall–Kier alpha value is -1.10. The summed E-state index contributed by atoms with van der Waals surface area (Å²) in [6.07, 6.45) is 0.144. The minimum absolute atomic E-state index is 0.153. The molecular formula is C14H23NO3. The molecule has 1 aromatic rings. The van der Waals surface area contributed by atoms with E-state index < -0.39 is 6.10 Å². The molecule has 1 aromatic carbocycles. The van der Waals surface area contributed by atoms with Crippen LogP contribution in [0.25, 0.3) is 0 Å². The lowest BCUT2D eigenvalue weighted by molar-refractivity contribution is 0.104. The first-order valence-electron chi connectivity index (χ1n) is 6.36. The molecule has 0 amide bonds. The maximum Gasteiger partial charge on any atom is 0.119 e. The molecule has 4 nitrogen and oxygen atoms in total. The Balaban J connectivity index is 2.29. The van der Waals surface area contributed by atoms with Gasteiger partial charge in [0.05, 0.1) is 0 Å². The molecule has 0 aliphatic carbocycles. The van der Waals surface area contributed by atoms with Gasteiger partial charge in [-0.2, -0.15) is 0 Å². The lowest BCUT2D eigenvalue weighted by atomic mass is 10.1. The number of hydrogen-bond donors (Lipinski definition) is 3. The predicted molar refractivity (Wildman–Crippen MR) is 71.9 cm³/mol. The number of rotatable bonds is 8. The van der Waals surface area contributed by atoms with Crippen LogP contribution in [0.2, 0.25) is 0 Å². The highest BCUT2D eigenvalue weighted by Crippen LogP contribution is 2.12. The van der Waals surface area contributed by atoms with Gasteiger partial charge in [-0.05, 0) is 24.1 Å². The van der Waals surface area contributed by atoms with Gasteiger partial charge in [-0.25, -0.2) is 0 Å². The second kappa shape index (κ2) is 8.08. The van der Waals surface area contributed by atoms with Crippen LogP contribution >= 0.6 is 0 Å². The fraction of sp³-hybridized carbons (Fsp3) is 0.571. The summed E-state index contributed by atoms with van der Waals surface area (Å²) in [6, 6.07) is 7.91. The van der Waals surface area contributed by atoms with Gasteiger partial charge >= 0.3 is 0 Å². The van der Waals surface area contributed by atoms with Crippen molar-refractivity contribution in [1.29, 1.82) is 0 Å². The van der Waals surface area contributed by atoms with Gasteiger partial charge in [0.2, 0.25) is 0 Å². The fourth-order valence-corrected chi connectivity index (χ4v) is 1.50. The van der Waals surface area contributed by atoms with Crippen molar-refractivity contribution >= 4 is 0 Å². The normalized spacial score (nSPS) is 12.7. The van der Waals surface area contributed by atoms with Crippen molar-refractivity contribution in [2.45, 2.75) is 32.4 Å². The van der Waals surface area contributed by atoms with Crippen molar-refractivity contribution in [1.82, 2.24) is 5.32 Å². The standard InChI is InChI=1S/C14H23NO3/c1-11(2)15-9-13(17)10-18-14-5-3-12(4-6-14)7-8-16/h3-6,11,13,15-17H,7-10H2,1-2H3/t13-/m1/s1. The number of aliphatic hydroxyl groups is 2. The molecule has 0 radical (unpaired) electrons. The van der Waals surface area contributed by atoms with Crippen molar-refractivity contribution in [3.05, 3.63) is 29.8 Å². The van der Waals surface area contributed by atoms with Crippen molar-refractivity contribution in [2.75, 3.05) is 19.8 Å². The minimum atomic E-state index is -0.510. The summed E-state index contributed by atoms with van der Waals surface area (Å²) in [6.45, 7) is 5.03. The van der Waals surface area contributed by atoms with Gasteiger partial charge in [-0.3, -0.25) is 0 Å². The molecule has 0 saturated carbocycles. The topological polar surface area (TPSA) is 61.7 Å². The largest absolute Gasteiger partial charge is 0.491 e. The smallest absolute Gasteiger partial charge is 0.119 e. The third-order valence-corrected chi connectivity index (χ3v) is 2.53. The van der Waals surface area contributed by atoms with Crippen LogP contribution in [0, 0.1) is 0 Å². The minimum Gasteiger partial charge on any atom is -0.491 e. The molecule has 0 bridgehead atoms. The second-order valence-electron chi connectivity index (χ2n) is 4.65. The Labute approximate surface area is 109 Å². The summed E-state index contributed by atoms with van der Waals surface area (Å²) in [4.78, 5) is 0. The lowest BCUT2D eigenvalue weighted by Gasteiger charge is -2.15. The zero-order valence-electron chi connectivity index (χ0n) is 11.1. The first-order valence-corrected chi connectivity index (χ1v) is 6.36. The van der Waals surface area contributed by atoms with Gasteiger partial charge in [-0.1, -0.05) is 26.0 Å². The van der Waals surface area contributed by atoms with Gasteiger partial charge in [-0.15, -0.1) is 0 Å². The maximum absolute atomic E-state index is 9.68. The molecule has 0 aliphatic rings. The van der Waals surface area contributed by atoms with Crippen molar-refractivity contribution in [3.8, 4) is 5.75 Å². The summed E-state index contributed by atoms with van der Waals surface area (Å²) in [5.74, 6) is 0.736. The number of ether oxygens (including phenoxy) is 1. The van der Waals surface area contributed by atoms with Crippen LogP contribution in [0.1, 0.15) is 19.4 Å². The Kier molecular flexibility index (Phi) is 6.72. The van der Waals surface area contributed by atoms with E-state index in [1.54, 1.807) is 0 Å². The van der Waals surface area contributed by atoms with Crippen molar-refractivity contribution < 1.29 is 14.9 Å². The Morgan fingerprint density at radius 1 is 1.22 bits per heavy atom. The highest BCUT2D eigenvalue weighted by atomic mass is 16.5. The average Bonchev–Trinajstić information content (AvgIpc) is 2.36. The van der Waals surface area contributed by atoms with Crippen molar-refractivity contribution in [3.63, 3.8) is 0 Å². The molecule has 4 heteroatoms. The van der Waals surface area contributed by atoms with Crippen LogP contribution < -0.4 is 10.1 Å². The van der Waals surface area contributed by atoms with Gasteiger partial charge in [0, 0.05) is 19.2 Å². The van der Waals surface area contributed by atoms with Crippen LogP contribution in [-0.4, -0.2) is 42.1 Å². The Morgan fingerprint density at radius 2 is 1.89 bits per heavy atom. The van der Waals surface area contributed by atoms with E-state index in [0.717, 1.165) is 11.3 Å². The zero-order chi connectivity index (χ0) is 13.4. The van der Waals surface area contributed by atoms with Gasteiger partial charge in [0.1, 0.15) is 18.5 Å². The van der Waals surface area contributed by atoms with Crippen LogP contribution in [-0.2, 0) is 6.42 Å². The Morgan fingerprint density at radius 3 is 2.44 bits per heavy atom. The molecule has 0 fully saturated rings. The van der Waals surface area contributed by atoms with E-state index in [0.29, 0.717) is 19.0 Å². The second-order valence-corrected chi connectivity index (χ2v) is 4.65. The van der Waals surface area contributed by atoms with Gasteiger partial charge < -0.3 is 20.3 Å². The molecule has 102 valence electrons. The average molecular weight is 253 g/mol. The monoisotopic (exact) mass is 253 g/mol. The SMILES string of the molecule is CC(C)NC[C@@H](O)COc1ccc(CCO)cc1. The fourth-order valence-electron chi connectivity index (χ4n) is 1.50. The molecule has 0 unspecified atom stereocenters. The maximum atomic E-state index is 9.68. The molecule has 0 aliphatic heterocycles. The summed E-state index contributed by atoms with van der Waals surface area (Å²) in [5.41, 5.74) is 1.08. The van der Waals surface area contributed by atoms with Crippen LogP contribution in [0.3, 0.4) is 0 Å². The van der Waals surface area contributed by atoms with E-state index >= 15 is 0 Å². The predicted octanol–water partition coefficient (Wildman–Crippen LogP) is 0.959. The van der Waals surface area contributed by atoms with Gasteiger partial charge in [0.25, 0.3) is 0 Å². The zero-order valence-corrected chi connectivity index (χ0v) is 11.1. The van der Waals surface area contributed by atoms with E-state index in [1.807, 2.05) is 38.1 Å². The molecule has 0 spiro atoms. The third kappa shape index (κ3) is 6.00. The molecule has 0 aromatic heterocycles. The Bertz CT molecular complexity index is 324. The number of nitrogens with one attached hydrogen (secondary N) is 1. The molecule has 0 saturated heterocycles. The molecule has 1 rings (SSSR count). The molecular weight excluding hydrogens is 230 g/mol. The van der Waals surface area contributed by atoms with Crippen LogP contribution in [0.15, 0.2) is 24.3 Å². The van der Waals surface area contributed by atoms with E-state index in [9.17, 15) is 5.11 Å². The van der Waals surface area contributed by atoms with Crippen molar-refractivity contribution in [2.24, 2.45) is 0 Å². The quantitative estimate of drug-likeness (QED) is 0.646. The van der Waals surface area contributed by atoms with Crippen LogP contribution in [0.5, 0.6) is 5.75 Å². The van der Waals surface area contributed by atoms with E-state index in [2.05, 4.69) is 5.32 Å². The van der Waals surface area contributed by atoms with E-state index in [1.165, 1.54) is 0 Å². The van der Waals surface area contributed by atoms with Gasteiger partial charge in [0.15, 0.2) is 0 Å². The highest BCUT2D eigenvalue weighted by Gasteiger charge is 2.05. The van der Waals surface area contributed by atoms with E-state index in [4.69, 9.17) is 9.84 Å². The number of benzene rings is 1. The first kappa shape index (κ1) is 15.0. The number of hydrogen-bond acceptors (Lipinski definition) is 4. The number of aliphatic hydroxyl groups excluding tert-OH is 2. The van der Waals surface area contributed by atoms with Crippen LogP contribution in [0.4, 0.5) is 0 Å².